The first kappa shape index (κ1) is 34.1. The number of thioether (sulfide) groups is 1. The van der Waals surface area contributed by atoms with E-state index in [4.69, 9.17) is 9.84 Å². The number of hydrogen-bond donors (Lipinski definition) is 2. The zero-order valence-corrected chi connectivity index (χ0v) is 28.4. The summed E-state index contributed by atoms with van der Waals surface area (Å²) in [4.78, 5) is 42.2. The van der Waals surface area contributed by atoms with Crippen LogP contribution in [0.15, 0.2) is 82.7 Å². The van der Waals surface area contributed by atoms with Gasteiger partial charge in [-0.2, -0.15) is 10.1 Å². The van der Waals surface area contributed by atoms with Crippen LogP contribution in [0, 0.1) is 19.7 Å². The summed E-state index contributed by atoms with van der Waals surface area (Å²) in [5.41, 5.74) is 4.95. The number of aldehydes is 1. The number of anilines is 1. The van der Waals surface area contributed by atoms with Gasteiger partial charge in [-0.1, -0.05) is 68.4 Å². The highest BCUT2D eigenvalue weighted by Gasteiger charge is 2.22. The molecule has 0 saturated heterocycles. The predicted molar refractivity (Wildman–Crippen MR) is 185 cm³/mol. The maximum Gasteiger partial charge on any atom is 0.320 e. The van der Waals surface area contributed by atoms with E-state index in [-0.39, 0.29) is 30.0 Å². The van der Waals surface area contributed by atoms with Gasteiger partial charge in [0.2, 0.25) is 5.88 Å². The lowest BCUT2D eigenvalue weighted by atomic mass is 9.92. The fraction of sp³-hybridized carbons (Fsp3) is 0.250. The first-order valence-corrected chi connectivity index (χ1v) is 16.5. The van der Waals surface area contributed by atoms with Crippen molar-refractivity contribution in [1.82, 2.24) is 24.6 Å². The number of carbonyl (C=O) groups is 2. The van der Waals surface area contributed by atoms with E-state index in [0.29, 0.717) is 33.4 Å². The summed E-state index contributed by atoms with van der Waals surface area (Å²) in [7, 11) is 0. The number of rotatable bonds is 10. The van der Waals surface area contributed by atoms with Gasteiger partial charge >= 0.3 is 6.03 Å². The lowest BCUT2D eigenvalue weighted by molar-refractivity contribution is 0.112. The summed E-state index contributed by atoms with van der Waals surface area (Å²) in [6, 6.07) is 19.7. The SMILES string of the molecule is CSc1nc(OCc2ccc(F)cc2CNC(=O)Nc2cc(C(C)(C)C)nn2-c2ccc(C)cc2)cc(=O)n1-c1cc(C=O)ccc1C. The van der Waals surface area contributed by atoms with E-state index in [9.17, 15) is 18.8 Å². The second-order valence-electron chi connectivity index (χ2n) is 12.3. The van der Waals surface area contributed by atoms with E-state index in [1.807, 2.05) is 65.0 Å². The summed E-state index contributed by atoms with van der Waals surface area (Å²) >= 11 is 1.26. The van der Waals surface area contributed by atoms with Crippen molar-refractivity contribution >= 4 is 29.9 Å². The Morgan fingerprint density at radius 2 is 1.75 bits per heavy atom. The van der Waals surface area contributed by atoms with Crippen molar-refractivity contribution < 1.29 is 18.7 Å². The van der Waals surface area contributed by atoms with Crippen LogP contribution in [0.3, 0.4) is 0 Å². The standard InChI is InChI=1S/C36H37FN6O4S/c1-22-7-13-28(14-8-22)43-31(17-30(41-43)36(3,4)5)39-34(46)38-19-26-16-27(37)12-11-25(26)21-47-32-18-33(45)42(35(40-32)48-6)29-15-24(20-44)10-9-23(29)2/h7-18,20H,19,21H2,1-6H3,(H2,38,39,46). The number of benzene rings is 3. The molecule has 0 aliphatic carbocycles. The maximum absolute atomic E-state index is 14.3. The molecular formula is C36H37FN6O4S. The molecule has 0 bridgehead atoms. The quantitative estimate of drug-likeness (QED) is 0.0943. The monoisotopic (exact) mass is 668 g/mol. The van der Waals surface area contributed by atoms with Crippen molar-refractivity contribution in [2.75, 3.05) is 11.6 Å². The zero-order chi connectivity index (χ0) is 34.6. The number of amides is 2. The van der Waals surface area contributed by atoms with Crippen LogP contribution < -0.4 is 20.9 Å². The van der Waals surface area contributed by atoms with Crippen LogP contribution in [0.1, 0.15) is 59.1 Å². The molecule has 5 aromatic rings. The molecule has 0 fully saturated rings. The number of halogens is 1. The Morgan fingerprint density at radius 1 is 1.00 bits per heavy atom. The lowest BCUT2D eigenvalue weighted by Crippen LogP contribution is -2.29. The van der Waals surface area contributed by atoms with E-state index in [1.165, 1.54) is 34.5 Å². The van der Waals surface area contributed by atoms with E-state index < -0.39 is 11.8 Å². The molecule has 0 unspecified atom stereocenters. The molecule has 0 spiro atoms. The molecule has 0 aliphatic rings. The van der Waals surface area contributed by atoms with Gasteiger partial charge in [0.25, 0.3) is 5.56 Å². The van der Waals surface area contributed by atoms with Crippen LogP contribution in [-0.4, -0.2) is 37.9 Å². The van der Waals surface area contributed by atoms with E-state index in [2.05, 4.69) is 15.6 Å². The van der Waals surface area contributed by atoms with Crippen molar-refractivity contribution in [3.8, 4) is 17.3 Å². The summed E-state index contributed by atoms with van der Waals surface area (Å²) < 4.78 is 23.4. The molecule has 2 amide bonds. The van der Waals surface area contributed by atoms with Crippen molar-refractivity contribution in [3.63, 3.8) is 0 Å². The van der Waals surface area contributed by atoms with Gasteiger partial charge in [-0.15, -0.1) is 0 Å². The van der Waals surface area contributed by atoms with Gasteiger partial charge in [0.15, 0.2) is 5.16 Å². The average Bonchev–Trinajstić information content (AvgIpc) is 3.48. The molecule has 0 radical (unpaired) electrons. The summed E-state index contributed by atoms with van der Waals surface area (Å²) in [5.74, 6) is 0.105. The third-order valence-electron chi connectivity index (χ3n) is 7.64. The van der Waals surface area contributed by atoms with E-state index in [0.717, 1.165) is 28.8 Å². The van der Waals surface area contributed by atoms with Crippen LogP contribution in [-0.2, 0) is 18.6 Å². The average molecular weight is 669 g/mol. The minimum absolute atomic E-state index is 0.00448. The molecule has 12 heteroatoms. The fourth-order valence-electron chi connectivity index (χ4n) is 4.92. The van der Waals surface area contributed by atoms with Crippen LogP contribution in [0.2, 0.25) is 0 Å². The Morgan fingerprint density at radius 3 is 2.44 bits per heavy atom. The molecule has 0 saturated carbocycles. The molecule has 5 rings (SSSR count). The molecule has 10 nitrogen and oxygen atoms in total. The minimum atomic E-state index is -0.497. The number of hydrogen-bond acceptors (Lipinski definition) is 7. The van der Waals surface area contributed by atoms with Crippen LogP contribution in [0.4, 0.5) is 15.0 Å². The molecule has 2 aromatic heterocycles. The number of carbonyl (C=O) groups excluding carboxylic acids is 2. The van der Waals surface area contributed by atoms with Gasteiger partial charge in [-0.25, -0.2) is 13.9 Å². The molecule has 248 valence electrons. The van der Waals surface area contributed by atoms with Crippen molar-refractivity contribution in [2.24, 2.45) is 0 Å². The van der Waals surface area contributed by atoms with Gasteiger partial charge in [-0.3, -0.25) is 19.5 Å². The molecule has 48 heavy (non-hydrogen) atoms. The smallest absolute Gasteiger partial charge is 0.320 e. The highest BCUT2D eigenvalue weighted by atomic mass is 32.2. The highest BCUT2D eigenvalue weighted by molar-refractivity contribution is 7.98. The number of urea groups is 1. The molecule has 2 N–H and O–H groups in total. The number of nitrogens with zero attached hydrogens (tertiary/aromatic N) is 4. The normalized spacial score (nSPS) is 11.3. The van der Waals surface area contributed by atoms with Crippen molar-refractivity contribution in [2.45, 2.75) is 58.3 Å². The van der Waals surface area contributed by atoms with Crippen LogP contribution in [0.5, 0.6) is 5.88 Å². The molecule has 0 aliphatic heterocycles. The summed E-state index contributed by atoms with van der Waals surface area (Å²) in [6.07, 6.45) is 2.51. The van der Waals surface area contributed by atoms with Crippen LogP contribution >= 0.6 is 11.8 Å². The third-order valence-corrected chi connectivity index (χ3v) is 8.28. The Kier molecular flexibility index (Phi) is 10.1. The Bertz CT molecular complexity index is 2030. The Labute approximate surface area is 282 Å². The van der Waals surface area contributed by atoms with Crippen molar-refractivity contribution in [1.29, 1.82) is 0 Å². The summed E-state index contributed by atoms with van der Waals surface area (Å²) in [5, 5.41) is 10.8. The minimum Gasteiger partial charge on any atom is -0.473 e. The van der Waals surface area contributed by atoms with Gasteiger partial charge in [0, 0.05) is 23.6 Å². The fourth-order valence-corrected chi connectivity index (χ4v) is 5.47. The number of aryl methyl sites for hydroxylation is 2. The first-order valence-electron chi connectivity index (χ1n) is 15.2. The molecule has 3 aromatic carbocycles. The zero-order valence-electron chi connectivity index (χ0n) is 27.6. The van der Waals surface area contributed by atoms with Crippen molar-refractivity contribution in [3.05, 3.63) is 122 Å². The number of ether oxygens (including phenoxy) is 1. The van der Waals surface area contributed by atoms with E-state index >= 15 is 0 Å². The van der Waals surface area contributed by atoms with Gasteiger partial charge in [0.1, 0.15) is 24.5 Å². The largest absolute Gasteiger partial charge is 0.473 e. The second kappa shape index (κ2) is 14.3. The summed E-state index contributed by atoms with van der Waals surface area (Å²) in [6.45, 7) is 9.95. The maximum atomic E-state index is 14.3. The van der Waals surface area contributed by atoms with E-state index in [1.54, 1.807) is 35.2 Å². The number of aromatic nitrogens is 4. The molecule has 2 heterocycles. The highest BCUT2D eigenvalue weighted by Crippen LogP contribution is 2.27. The second-order valence-corrected chi connectivity index (χ2v) is 13.1. The molecular weight excluding hydrogens is 631 g/mol. The lowest BCUT2D eigenvalue weighted by Gasteiger charge is -2.16. The Balaban J connectivity index is 1.32. The third kappa shape index (κ3) is 7.83. The predicted octanol–water partition coefficient (Wildman–Crippen LogP) is 6.91. The topological polar surface area (TPSA) is 120 Å². The van der Waals surface area contributed by atoms with Crippen LogP contribution in [0.25, 0.3) is 11.4 Å². The first-order chi connectivity index (χ1) is 22.9. The Hall–Kier alpha value is -5.23. The number of nitrogens with one attached hydrogen (secondary N) is 2. The van der Waals surface area contributed by atoms with Gasteiger partial charge in [-0.05, 0) is 67.1 Å². The molecule has 0 atom stereocenters. The van der Waals surface area contributed by atoms with Gasteiger partial charge < -0.3 is 10.1 Å². The van der Waals surface area contributed by atoms with Gasteiger partial charge in [0.05, 0.1) is 23.1 Å².